The molecule has 0 aromatic heterocycles. The van der Waals surface area contributed by atoms with Gasteiger partial charge in [-0.1, -0.05) is 0 Å². The second kappa shape index (κ2) is 6.50. The van der Waals surface area contributed by atoms with E-state index >= 15 is 0 Å². The topological polar surface area (TPSA) is 64.8 Å². The zero-order valence-corrected chi connectivity index (χ0v) is 11.1. The first kappa shape index (κ1) is 13.8. The predicted molar refractivity (Wildman–Crippen MR) is 68.1 cm³/mol. The van der Waals surface area contributed by atoms with Gasteiger partial charge in [-0.05, 0) is 31.6 Å². The minimum atomic E-state index is -0.371. The molecule has 2 unspecified atom stereocenters. The van der Waals surface area contributed by atoms with Gasteiger partial charge in [0.15, 0.2) is 0 Å². The molecule has 18 heavy (non-hydrogen) atoms. The molecule has 0 aromatic carbocycles. The molecule has 0 bridgehead atoms. The Balaban J connectivity index is 1.88. The zero-order chi connectivity index (χ0) is 13.0. The van der Waals surface area contributed by atoms with Crippen LogP contribution in [-0.4, -0.2) is 56.4 Å². The maximum Gasteiger partial charge on any atom is 0.239 e. The third-order valence-corrected chi connectivity index (χ3v) is 4.08. The number of ether oxygens (including phenoxy) is 2. The molecule has 2 aliphatic heterocycles. The summed E-state index contributed by atoms with van der Waals surface area (Å²) in [5.74, 6) is 0.359. The van der Waals surface area contributed by atoms with E-state index in [2.05, 4.69) is 0 Å². The molecule has 1 amide bonds. The quantitative estimate of drug-likeness (QED) is 0.793. The highest BCUT2D eigenvalue weighted by molar-refractivity contribution is 5.82. The molecular formula is C13H24N2O3. The smallest absolute Gasteiger partial charge is 0.239 e. The van der Waals surface area contributed by atoms with Crippen LogP contribution < -0.4 is 5.73 Å². The molecule has 5 heteroatoms. The maximum atomic E-state index is 12.4. The summed E-state index contributed by atoms with van der Waals surface area (Å²) >= 11 is 0. The fraction of sp³-hybridized carbons (Fsp3) is 0.923. The van der Waals surface area contributed by atoms with Crippen molar-refractivity contribution < 1.29 is 14.3 Å². The van der Waals surface area contributed by atoms with Crippen molar-refractivity contribution in [1.82, 2.24) is 4.90 Å². The standard InChI is InChI=1S/C13H24N2O3/c1-17-11-3-2-6-15(9-11)13(16)12(14)10-4-7-18-8-5-10/h10-12H,2-9,14H2,1H3. The minimum absolute atomic E-state index is 0.0867. The normalized spacial score (nSPS) is 28.1. The highest BCUT2D eigenvalue weighted by atomic mass is 16.5. The highest BCUT2D eigenvalue weighted by Crippen LogP contribution is 2.21. The summed E-state index contributed by atoms with van der Waals surface area (Å²) in [5.41, 5.74) is 6.12. The van der Waals surface area contributed by atoms with Crippen LogP contribution in [0.2, 0.25) is 0 Å². The van der Waals surface area contributed by atoms with Crippen molar-refractivity contribution in [3.05, 3.63) is 0 Å². The fourth-order valence-corrected chi connectivity index (χ4v) is 2.82. The number of rotatable bonds is 3. The Hall–Kier alpha value is -0.650. The van der Waals surface area contributed by atoms with Crippen LogP contribution in [0.1, 0.15) is 25.7 Å². The van der Waals surface area contributed by atoms with Crippen molar-refractivity contribution in [2.45, 2.75) is 37.8 Å². The van der Waals surface area contributed by atoms with Crippen LogP contribution in [0, 0.1) is 5.92 Å². The van der Waals surface area contributed by atoms with Crippen molar-refractivity contribution in [2.24, 2.45) is 11.7 Å². The number of carbonyl (C=O) groups is 1. The molecule has 0 radical (unpaired) electrons. The van der Waals surface area contributed by atoms with E-state index in [1.54, 1.807) is 7.11 Å². The Morgan fingerprint density at radius 1 is 1.39 bits per heavy atom. The van der Waals surface area contributed by atoms with Crippen LogP contribution in [0.4, 0.5) is 0 Å². The molecule has 2 fully saturated rings. The Morgan fingerprint density at radius 2 is 2.11 bits per heavy atom. The van der Waals surface area contributed by atoms with Crippen molar-refractivity contribution in [3.8, 4) is 0 Å². The van der Waals surface area contributed by atoms with Gasteiger partial charge in [0.2, 0.25) is 5.91 Å². The zero-order valence-electron chi connectivity index (χ0n) is 11.1. The first-order chi connectivity index (χ1) is 8.72. The summed E-state index contributed by atoms with van der Waals surface area (Å²) in [5, 5.41) is 0. The Labute approximate surface area is 109 Å². The van der Waals surface area contributed by atoms with Crippen molar-refractivity contribution >= 4 is 5.91 Å². The highest BCUT2D eigenvalue weighted by Gasteiger charge is 2.32. The van der Waals surface area contributed by atoms with Crippen molar-refractivity contribution in [3.63, 3.8) is 0 Å². The molecule has 0 aliphatic carbocycles. The third kappa shape index (κ3) is 3.22. The van der Waals surface area contributed by atoms with Gasteiger partial charge in [0.25, 0.3) is 0 Å². The molecule has 2 atom stereocenters. The van der Waals surface area contributed by atoms with Gasteiger partial charge in [0, 0.05) is 33.4 Å². The number of nitrogens with zero attached hydrogens (tertiary/aromatic N) is 1. The van der Waals surface area contributed by atoms with Gasteiger partial charge in [-0.2, -0.15) is 0 Å². The van der Waals surface area contributed by atoms with Gasteiger partial charge < -0.3 is 20.1 Å². The summed E-state index contributed by atoms with van der Waals surface area (Å²) in [6.45, 7) is 2.96. The maximum absolute atomic E-state index is 12.4. The monoisotopic (exact) mass is 256 g/mol. The number of hydrogen-bond donors (Lipinski definition) is 1. The first-order valence-electron chi connectivity index (χ1n) is 6.87. The van der Waals surface area contributed by atoms with Gasteiger partial charge in [-0.15, -0.1) is 0 Å². The molecule has 0 spiro atoms. The number of likely N-dealkylation sites (tertiary alicyclic amines) is 1. The van der Waals surface area contributed by atoms with Crippen LogP contribution in [0.15, 0.2) is 0 Å². The number of amides is 1. The lowest BCUT2D eigenvalue weighted by molar-refractivity contribution is -0.138. The lowest BCUT2D eigenvalue weighted by atomic mass is 9.91. The van der Waals surface area contributed by atoms with E-state index in [-0.39, 0.29) is 24.0 Å². The van der Waals surface area contributed by atoms with Crippen LogP contribution in [0.3, 0.4) is 0 Å². The summed E-state index contributed by atoms with van der Waals surface area (Å²) < 4.78 is 10.7. The first-order valence-corrected chi connectivity index (χ1v) is 6.87. The average Bonchev–Trinajstić information content (AvgIpc) is 2.46. The predicted octanol–water partition coefficient (Wildman–Crippen LogP) is 0.378. The van der Waals surface area contributed by atoms with E-state index in [0.717, 1.165) is 45.4 Å². The van der Waals surface area contributed by atoms with Crippen LogP contribution in [-0.2, 0) is 14.3 Å². The van der Waals surface area contributed by atoms with Crippen molar-refractivity contribution in [1.29, 1.82) is 0 Å². The summed E-state index contributed by atoms with van der Waals surface area (Å²) in [7, 11) is 1.71. The molecule has 2 rings (SSSR count). The lowest BCUT2D eigenvalue weighted by Gasteiger charge is -2.36. The van der Waals surface area contributed by atoms with Gasteiger partial charge in [0.05, 0.1) is 12.1 Å². The van der Waals surface area contributed by atoms with Crippen LogP contribution >= 0.6 is 0 Å². The number of hydrogen-bond acceptors (Lipinski definition) is 4. The van der Waals surface area contributed by atoms with Crippen molar-refractivity contribution in [2.75, 3.05) is 33.4 Å². The molecule has 0 aromatic rings. The van der Waals surface area contributed by atoms with E-state index < -0.39 is 0 Å². The molecular weight excluding hydrogens is 232 g/mol. The molecule has 104 valence electrons. The molecule has 2 saturated heterocycles. The Kier molecular flexibility index (Phi) is 4.97. The van der Waals surface area contributed by atoms with E-state index in [0.29, 0.717) is 6.54 Å². The SMILES string of the molecule is COC1CCCN(C(=O)C(N)C2CCOCC2)C1. The Morgan fingerprint density at radius 3 is 2.78 bits per heavy atom. The van der Waals surface area contributed by atoms with Gasteiger partial charge in [-0.3, -0.25) is 4.79 Å². The Bertz CT molecular complexity index is 275. The second-order valence-electron chi connectivity index (χ2n) is 5.26. The van der Waals surface area contributed by atoms with Gasteiger partial charge >= 0.3 is 0 Å². The van der Waals surface area contributed by atoms with E-state index in [9.17, 15) is 4.79 Å². The van der Waals surface area contributed by atoms with Crippen LogP contribution in [0.25, 0.3) is 0 Å². The second-order valence-corrected chi connectivity index (χ2v) is 5.26. The molecule has 0 saturated carbocycles. The molecule has 2 aliphatic rings. The molecule has 2 N–H and O–H groups in total. The van der Waals surface area contributed by atoms with E-state index in [4.69, 9.17) is 15.2 Å². The number of methoxy groups -OCH3 is 1. The number of piperidine rings is 1. The van der Waals surface area contributed by atoms with Gasteiger partial charge in [-0.25, -0.2) is 0 Å². The summed E-state index contributed by atoms with van der Waals surface area (Å²) in [4.78, 5) is 14.2. The van der Waals surface area contributed by atoms with E-state index in [1.807, 2.05) is 4.90 Å². The van der Waals surface area contributed by atoms with E-state index in [1.165, 1.54) is 0 Å². The fourth-order valence-electron chi connectivity index (χ4n) is 2.82. The molecule has 5 nitrogen and oxygen atoms in total. The summed E-state index contributed by atoms with van der Waals surface area (Å²) in [6.07, 6.45) is 4.00. The average molecular weight is 256 g/mol. The summed E-state index contributed by atoms with van der Waals surface area (Å²) in [6, 6.07) is -0.371. The molecule has 2 heterocycles. The largest absolute Gasteiger partial charge is 0.381 e. The number of carbonyl (C=O) groups excluding carboxylic acids is 1. The third-order valence-electron chi connectivity index (χ3n) is 4.08. The lowest BCUT2D eigenvalue weighted by Crippen LogP contribution is -2.52. The number of nitrogens with two attached hydrogens (primary N) is 1. The van der Waals surface area contributed by atoms with Crippen LogP contribution in [0.5, 0.6) is 0 Å². The minimum Gasteiger partial charge on any atom is -0.381 e. The van der Waals surface area contributed by atoms with Gasteiger partial charge in [0.1, 0.15) is 0 Å².